The Balaban J connectivity index is 1.39. The molecule has 7 nitrogen and oxygen atoms in total. The maximum atomic E-state index is 13.3. The number of aliphatic hydroxyl groups is 1. The lowest BCUT2D eigenvalue weighted by Crippen LogP contribution is -2.27. The maximum Gasteiger partial charge on any atom is 0.287 e. The van der Waals surface area contributed by atoms with Crippen molar-refractivity contribution in [3.8, 4) is 0 Å². The second-order valence-electron chi connectivity index (χ2n) is 8.03. The zero-order valence-corrected chi connectivity index (χ0v) is 18.8. The van der Waals surface area contributed by atoms with Gasteiger partial charge in [0.25, 0.3) is 11.5 Å². The van der Waals surface area contributed by atoms with E-state index in [-0.39, 0.29) is 24.0 Å². The number of hydrogen-bond acceptors (Lipinski definition) is 6. The third-order valence-electron chi connectivity index (χ3n) is 5.69. The van der Waals surface area contributed by atoms with Crippen LogP contribution in [0.25, 0.3) is 10.2 Å². The Morgan fingerprint density at radius 2 is 2.19 bits per heavy atom. The Hall–Kier alpha value is -2.33. The zero-order chi connectivity index (χ0) is 22.7. The van der Waals surface area contributed by atoms with E-state index in [0.717, 1.165) is 24.8 Å². The maximum absolute atomic E-state index is 13.3. The van der Waals surface area contributed by atoms with Crippen molar-refractivity contribution in [2.45, 2.75) is 32.4 Å². The minimum Gasteiger partial charge on any atom is -0.396 e. The van der Waals surface area contributed by atoms with Gasteiger partial charge in [-0.1, -0.05) is 17.7 Å². The van der Waals surface area contributed by atoms with Crippen molar-refractivity contribution in [3.05, 3.63) is 61.7 Å². The van der Waals surface area contributed by atoms with Crippen LogP contribution in [0.4, 0.5) is 4.39 Å². The van der Waals surface area contributed by atoms with Crippen LogP contribution in [0, 0.1) is 17.7 Å². The number of carbonyl (C=O) groups is 1. The quantitative estimate of drug-likeness (QED) is 0.457. The van der Waals surface area contributed by atoms with E-state index < -0.39 is 17.3 Å². The molecule has 0 aliphatic heterocycles. The van der Waals surface area contributed by atoms with Gasteiger partial charge in [0.2, 0.25) is 5.82 Å². The molecule has 2 atom stereocenters. The Labute approximate surface area is 192 Å². The smallest absolute Gasteiger partial charge is 0.287 e. The average molecular weight is 480 g/mol. The fourth-order valence-electron chi connectivity index (χ4n) is 3.97. The van der Waals surface area contributed by atoms with Gasteiger partial charge in [0.1, 0.15) is 10.6 Å². The van der Waals surface area contributed by atoms with E-state index in [4.69, 9.17) is 16.3 Å². The number of H-pyrrole nitrogens is 1. The highest BCUT2D eigenvalue weighted by atomic mass is 35.5. The number of rotatable bonds is 8. The Morgan fingerprint density at radius 1 is 1.38 bits per heavy atom. The van der Waals surface area contributed by atoms with Crippen molar-refractivity contribution in [2.24, 2.45) is 11.8 Å². The molecule has 3 N–H and O–H groups in total. The zero-order valence-electron chi connectivity index (χ0n) is 17.2. The Morgan fingerprint density at radius 3 is 2.94 bits per heavy atom. The molecule has 0 spiro atoms. The van der Waals surface area contributed by atoms with Crippen molar-refractivity contribution in [1.29, 1.82) is 0 Å². The molecule has 2 heterocycles. The molecule has 2 unspecified atom stereocenters. The summed E-state index contributed by atoms with van der Waals surface area (Å²) < 4.78 is 19.1. The second-order valence-corrected chi connectivity index (χ2v) is 9.29. The number of nitrogens with zero attached hydrogens (tertiary/aromatic N) is 1. The lowest BCUT2D eigenvalue weighted by atomic mass is 10.1. The predicted molar refractivity (Wildman–Crippen MR) is 120 cm³/mol. The summed E-state index contributed by atoms with van der Waals surface area (Å²) in [5.74, 6) is -0.378. The van der Waals surface area contributed by atoms with Gasteiger partial charge in [-0.05, 0) is 54.2 Å². The molecular formula is C22H23ClFN3O4S. The predicted octanol–water partition coefficient (Wildman–Crippen LogP) is 3.63. The molecular weight excluding hydrogens is 457 g/mol. The monoisotopic (exact) mass is 479 g/mol. The molecule has 170 valence electrons. The van der Waals surface area contributed by atoms with Crippen molar-refractivity contribution in [1.82, 2.24) is 15.3 Å². The van der Waals surface area contributed by atoms with E-state index in [0.29, 0.717) is 40.8 Å². The molecule has 4 rings (SSSR count). The fourth-order valence-corrected chi connectivity index (χ4v) is 5.10. The molecule has 1 amide bonds. The summed E-state index contributed by atoms with van der Waals surface area (Å²) >= 11 is 7.04. The lowest BCUT2D eigenvalue weighted by molar-refractivity contribution is 0.0869. The van der Waals surface area contributed by atoms with Crippen molar-refractivity contribution < 1.29 is 19.0 Å². The van der Waals surface area contributed by atoms with Gasteiger partial charge >= 0.3 is 0 Å². The highest BCUT2D eigenvalue weighted by Crippen LogP contribution is 2.31. The highest BCUT2D eigenvalue weighted by Gasteiger charge is 2.24. The molecule has 1 saturated carbocycles. The number of halogens is 2. The number of carbonyl (C=O) groups excluding carboxylic acids is 1. The normalized spacial score (nSPS) is 18.3. The van der Waals surface area contributed by atoms with Crippen LogP contribution in [0.5, 0.6) is 0 Å². The lowest BCUT2D eigenvalue weighted by Gasteiger charge is -2.10. The molecule has 10 heteroatoms. The van der Waals surface area contributed by atoms with E-state index in [1.54, 1.807) is 0 Å². The van der Waals surface area contributed by atoms with Gasteiger partial charge in [-0.3, -0.25) is 9.59 Å². The molecule has 1 fully saturated rings. The number of amides is 1. The van der Waals surface area contributed by atoms with Gasteiger partial charge in [0.05, 0.1) is 17.0 Å². The Kier molecular flexibility index (Phi) is 7.20. The minimum atomic E-state index is -0.546. The minimum absolute atomic E-state index is 0.0285. The highest BCUT2D eigenvalue weighted by molar-refractivity contribution is 7.16. The van der Waals surface area contributed by atoms with E-state index in [1.165, 1.54) is 29.5 Å². The van der Waals surface area contributed by atoms with Crippen molar-refractivity contribution >= 4 is 39.1 Å². The van der Waals surface area contributed by atoms with Gasteiger partial charge in [0.15, 0.2) is 0 Å². The second kappa shape index (κ2) is 10.1. The third-order valence-corrected chi connectivity index (χ3v) is 6.90. The first kappa shape index (κ1) is 22.8. The van der Waals surface area contributed by atoms with Gasteiger partial charge in [0, 0.05) is 25.3 Å². The number of ether oxygens (including phenoxy) is 1. The number of aromatic amines is 1. The first-order valence-corrected chi connectivity index (χ1v) is 11.6. The van der Waals surface area contributed by atoms with Crippen LogP contribution in [-0.4, -0.2) is 34.2 Å². The number of hydrogen-bond donors (Lipinski definition) is 3. The van der Waals surface area contributed by atoms with E-state index in [9.17, 15) is 19.1 Å². The molecule has 2 aromatic heterocycles. The van der Waals surface area contributed by atoms with Crippen LogP contribution >= 0.6 is 22.9 Å². The number of aromatic nitrogens is 2. The number of benzene rings is 1. The molecule has 1 aliphatic carbocycles. The van der Waals surface area contributed by atoms with Gasteiger partial charge in [-0.25, -0.2) is 9.37 Å². The van der Waals surface area contributed by atoms with Crippen LogP contribution in [-0.2, 0) is 17.9 Å². The molecule has 32 heavy (non-hydrogen) atoms. The summed E-state index contributed by atoms with van der Waals surface area (Å²) in [7, 11) is 0. The molecule has 1 aromatic carbocycles. The SMILES string of the molecule is O=C(NCc1ccc(F)c(Cl)c1)c1nc2scc(COCC3CCC(CO)C3)c2c(=O)[nH]1. The number of aliphatic hydroxyl groups excluding tert-OH is 1. The molecule has 0 bridgehead atoms. The Bertz CT molecular complexity index is 1180. The third kappa shape index (κ3) is 5.17. The largest absolute Gasteiger partial charge is 0.396 e. The van der Waals surface area contributed by atoms with Crippen molar-refractivity contribution in [3.63, 3.8) is 0 Å². The number of nitrogens with one attached hydrogen (secondary N) is 2. The number of fused-ring (bicyclic) bond motifs is 1. The molecule has 0 saturated heterocycles. The summed E-state index contributed by atoms with van der Waals surface area (Å²) in [4.78, 5) is 32.4. The first-order chi connectivity index (χ1) is 15.4. The average Bonchev–Trinajstić information content (AvgIpc) is 3.41. The van der Waals surface area contributed by atoms with E-state index >= 15 is 0 Å². The molecule has 0 radical (unpaired) electrons. The fraction of sp³-hybridized carbons (Fsp3) is 0.409. The van der Waals surface area contributed by atoms with Crippen LogP contribution in [0.3, 0.4) is 0 Å². The topological polar surface area (TPSA) is 104 Å². The van der Waals surface area contributed by atoms with Gasteiger partial charge < -0.3 is 20.1 Å². The standard InChI is InChI=1S/C22H23ClFN3O4S/c23-16-6-12(3-4-17(16)24)7-25-21(30)19-26-20(29)18-15(11-32-22(18)27-19)10-31-9-14-2-1-13(5-14)8-28/h3-4,6,11,13-14,28H,1-2,5,7-10H2,(H,25,30)(H,26,27,29). The van der Waals surface area contributed by atoms with Crippen LogP contribution in [0.2, 0.25) is 5.02 Å². The summed E-state index contributed by atoms with van der Waals surface area (Å²) in [6.45, 7) is 1.22. The molecule has 1 aliphatic rings. The van der Waals surface area contributed by atoms with Crippen molar-refractivity contribution in [2.75, 3.05) is 13.2 Å². The van der Waals surface area contributed by atoms with Gasteiger partial charge in [-0.15, -0.1) is 11.3 Å². The van der Waals surface area contributed by atoms with Crippen LogP contribution < -0.4 is 10.9 Å². The van der Waals surface area contributed by atoms with Crippen LogP contribution in [0.15, 0.2) is 28.4 Å². The summed E-state index contributed by atoms with van der Waals surface area (Å²) in [6, 6.07) is 4.17. The summed E-state index contributed by atoms with van der Waals surface area (Å²) in [5.41, 5.74) is 0.964. The summed E-state index contributed by atoms with van der Waals surface area (Å²) in [5, 5.41) is 14.1. The molecule has 3 aromatic rings. The summed E-state index contributed by atoms with van der Waals surface area (Å²) in [6.07, 6.45) is 3.03. The first-order valence-electron chi connectivity index (χ1n) is 10.4. The van der Waals surface area contributed by atoms with Gasteiger partial charge in [-0.2, -0.15) is 0 Å². The van der Waals surface area contributed by atoms with E-state index in [2.05, 4.69) is 15.3 Å². The number of thiophene rings is 1. The van der Waals surface area contributed by atoms with E-state index in [1.807, 2.05) is 5.38 Å². The van der Waals surface area contributed by atoms with Crippen LogP contribution in [0.1, 0.15) is 41.0 Å².